The Labute approximate surface area is 219 Å². The van der Waals surface area contributed by atoms with E-state index in [1.54, 1.807) is 35.2 Å². The minimum absolute atomic E-state index is 0.0189. The number of phenolic OH excluding ortho intramolecular Hbond substituents is 1. The van der Waals surface area contributed by atoms with Gasteiger partial charge >= 0.3 is 0 Å². The highest BCUT2D eigenvalue weighted by molar-refractivity contribution is 5.92. The van der Waals surface area contributed by atoms with Crippen molar-refractivity contribution < 1.29 is 28.9 Å². The number of phenols is 1. The van der Waals surface area contributed by atoms with Crippen molar-refractivity contribution >= 4 is 12.0 Å². The number of halogens is 1. The van der Waals surface area contributed by atoms with E-state index in [0.29, 0.717) is 68.6 Å². The van der Waals surface area contributed by atoms with E-state index in [9.17, 15) is 19.4 Å². The molecule has 1 heterocycles. The van der Waals surface area contributed by atoms with E-state index in [0.717, 1.165) is 25.7 Å². The molecule has 0 aliphatic carbocycles. The van der Waals surface area contributed by atoms with Crippen molar-refractivity contribution in [2.45, 2.75) is 45.6 Å². The highest BCUT2D eigenvalue weighted by atomic mass is 19.1. The Kier molecular flexibility index (Phi) is 11.2. The van der Waals surface area contributed by atoms with Gasteiger partial charge in [-0.2, -0.15) is 0 Å². The van der Waals surface area contributed by atoms with Gasteiger partial charge in [-0.25, -0.2) is 4.39 Å². The van der Waals surface area contributed by atoms with Gasteiger partial charge in [0.2, 0.25) is 11.7 Å². The van der Waals surface area contributed by atoms with Crippen molar-refractivity contribution in [1.29, 1.82) is 0 Å². The van der Waals surface area contributed by atoms with Crippen LogP contribution in [0.2, 0.25) is 0 Å². The Balaban J connectivity index is 1.57. The molecule has 1 aliphatic rings. The Bertz CT molecular complexity index is 988. The van der Waals surface area contributed by atoms with Crippen LogP contribution in [0.25, 0.3) is 6.08 Å². The molecule has 202 valence electrons. The van der Waals surface area contributed by atoms with Gasteiger partial charge in [-0.3, -0.25) is 9.69 Å². The molecule has 1 saturated heterocycles. The van der Waals surface area contributed by atoms with Crippen LogP contribution in [0.15, 0.2) is 42.5 Å². The first-order chi connectivity index (χ1) is 17.9. The van der Waals surface area contributed by atoms with Gasteiger partial charge in [-0.05, 0) is 54.3 Å². The molecule has 8 heteroatoms. The number of hydrogen-bond acceptors (Lipinski definition) is 6. The smallest absolute Gasteiger partial charge is 0.246 e. The first-order valence-electron chi connectivity index (χ1n) is 13.2. The number of ether oxygens (including phenoxy) is 2. The average molecular weight is 515 g/mol. The van der Waals surface area contributed by atoms with Gasteiger partial charge in [-0.1, -0.05) is 38.8 Å². The molecule has 0 spiro atoms. The van der Waals surface area contributed by atoms with Crippen LogP contribution in [-0.2, 0) is 4.79 Å². The van der Waals surface area contributed by atoms with E-state index in [1.807, 2.05) is 0 Å². The third-order valence-corrected chi connectivity index (χ3v) is 6.36. The standard InChI is InChI=1S/C29H39FN2O5/c1-3-5-17-36-26-19-22(20-27(29(26)35)37-18-6-4-2)7-12-28(34)32-15-13-31(14-16-32)21-25(33)23-8-10-24(30)11-9-23/h7-12,19-20,25,33,35H,3-6,13-18,21H2,1-2H3. The fourth-order valence-corrected chi connectivity index (χ4v) is 4.03. The van der Waals surface area contributed by atoms with Gasteiger partial charge in [0.25, 0.3) is 0 Å². The maximum Gasteiger partial charge on any atom is 0.246 e. The topological polar surface area (TPSA) is 82.5 Å². The van der Waals surface area contributed by atoms with Gasteiger partial charge in [0.15, 0.2) is 11.5 Å². The van der Waals surface area contributed by atoms with Gasteiger partial charge < -0.3 is 24.6 Å². The molecule has 1 unspecified atom stereocenters. The molecule has 7 nitrogen and oxygen atoms in total. The second-order valence-corrected chi connectivity index (χ2v) is 9.30. The largest absolute Gasteiger partial charge is 0.502 e. The van der Waals surface area contributed by atoms with Crippen molar-refractivity contribution in [2.75, 3.05) is 45.9 Å². The molecule has 2 aromatic carbocycles. The molecule has 2 N–H and O–H groups in total. The highest BCUT2D eigenvalue weighted by Gasteiger charge is 2.22. The zero-order chi connectivity index (χ0) is 26.6. The SMILES string of the molecule is CCCCOc1cc(C=CC(=O)N2CCN(CC(O)c3ccc(F)cc3)CC2)cc(OCCCC)c1O. The number of piperazine rings is 1. The zero-order valence-corrected chi connectivity index (χ0v) is 21.9. The number of amides is 1. The average Bonchev–Trinajstić information content (AvgIpc) is 2.90. The molecule has 1 amide bonds. The summed E-state index contributed by atoms with van der Waals surface area (Å²) in [5, 5.41) is 21.0. The first-order valence-corrected chi connectivity index (χ1v) is 13.2. The number of aliphatic hydroxyl groups excluding tert-OH is 1. The summed E-state index contributed by atoms with van der Waals surface area (Å²) >= 11 is 0. The number of aliphatic hydroxyl groups is 1. The number of carbonyl (C=O) groups excluding carboxylic acids is 1. The molecule has 3 rings (SSSR count). The van der Waals surface area contributed by atoms with Crippen LogP contribution in [0.3, 0.4) is 0 Å². The van der Waals surface area contributed by atoms with E-state index in [2.05, 4.69) is 18.7 Å². The molecule has 0 radical (unpaired) electrons. The van der Waals surface area contributed by atoms with E-state index < -0.39 is 6.10 Å². The number of unbranched alkanes of at least 4 members (excludes halogenated alkanes) is 2. The fraction of sp³-hybridized carbons (Fsp3) is 0.483. The van der Waals surface area contributed by atoms with E-state index in [-0.39, 0.29) is 17.5 Å². The molecule has 37 heavy (non-hydrogen) atoms. The third-order valence-electron chi connectivity index (χ3n) is 6.36. The van der Waals surface area contributed by atoms with Crippen molar-refractivity contribution in [3.8, 4) is 17.2 Å². The van der Waals surface area contributed by atoms with Gasteiger partial charge in [-0.15, -0.1) is 0 Å². The second kappa shape index (κ2) is 14.6. The summed E-state index contributed by atoms with van der Waals surface area (Å²) in [6.45, 7) is 7.93. The Morgan fingerprint density at radius 1 is 1.00 bits per heavy atom. The van der Waals surface area contributed by atoms with Crippen LogP contribution in [-0.4, -0.2) is 71.9 Å². The Morgan fingerprint density at radius 3 is 2.11 bits per heavy atom. The van der Waals surface area contributed by atoms with Crippen LogP contribution in [0.5, 0.6) is 17.2 Å². The summed E-state index contributed by atoms with van der Waals surface area (Å²) in [6.07, 6.45) is 6.24. The summed E-state index contributed by atoms with van der Waals surface area (Å²) in [5.74, 6) is 0.248. The van der Waals surface area contributed by atoms with Crippen LogP contribution in [0.4, 0.5) is 4.39 Å². The predicted octanol–water partition coefficient (Wildman–Crippen LogP) is 4.78. The quantitative estimate of drug-likeness (QED) is 0.296. The number of rotatable bonds is 13. The highest BCUT2D eigenvalue weighted by Crippen LogP contribution is 2.38. The number of nitrogens with zero attached hydrogens (tertiary/aromatic N) is 2. The normalized spacial score (nSPS) is 15.2. The lowest BCUT2D eigenvalue weighted by Crippen LogP contribution is -2.49. The fourth-order valence-electron chi connectivity index (χ4n) is 4.03. The molecule has 1 aliphatic heterocycles. The minimum atomic E-state index is -0.709. The molecule has 1 fully saturated rings. The van der Waals surface area contributed by atoms with Crippen LogP contribution < -0.4 is 9.47 Å². The molecule has 2 aromatic rings. The van der Waals surface area contributed by atoms with E-state index in [4.69, 9.17) is 9.47 Å². The molecular formula is C29H39FN2O5. The lowest BCUT2D eigenvalue weighted by Gasteiger charge is -2.35. The number of benzene rings is 2. The van der Waals surface area contributed by atoms with Crippen molar-refractivity contribution in [2.24, 2.45) is 0 Å². The summed E-state index contributed by atoms with van der Waals surface area (Å²) in [7, 11) is 0. The molecule has 0 bridgehead atoms. The van der Waals surface area contributed by atoms with Crippen LogP contribution in [0, 0.1) is 5.82 Å². The molecule has 0 saturated carbocycles. The van der Waals surface area contributed by atoms with Gasteiger partial charge in [0.1, 0.15) is 5.82 Å². The van der Waals surface area contributed by atoms with E-state index >= 15 is 0 Å². The second-order valence-electron chi connectivity index (χ2n) is 9.30. The minimum Gasteiger partial charge on any atom is -0.502 e. The van der Waals surface area contributed by atoms with Crippen molar-refractivity contribution in [1.82, 2.24) is 9.80 Å². The lowest BCUT2D eigenvalue weighted by molar-refractivity contribution is -0.127. The predicted molar refractivity (Wildman–Crippen MR) is 142 cm³/mol. The van der Waals surface area contributed by atoms with Crippen LogP contribution >= 0.6 is 0 Å². The zero-order valence-electron chi connectivity index (χ0n) is 21.9. The number of aromatic hydroxyl groups is 1. The van der Waals surface area contributed by atoms with Gasteiger partial charge in [0.05, 0.1) is 19.3 Å². The summed E-state index contributed by atoms with van der Waals surface area (Å²) in [5.41, 5.74) is 1.39. The lowest BCUT2D eigenvalue weighted by atomic mass is 10.1. The molecule has 0 aromatic heterocycles. The van der Waals surface area contributed by atoms with E-state index in [1.165, 1.54) is 18.2 Å². The number of hydrogen-bond donors (Lipinski definition) is 2. The number of carbonyl (C=O) groups is 1. The summed E-state index contributed by atoms with van der Waals surface area (Å²) in [4.78, 5) is 16.7. The summed E-state index contributed by atoms with van der Waals surface area (Å²) < 4.78 is 24.7. The maximum absolute atomic E-state index is 13.1. The molecule has 1 atom stereocenters. The third kappa shape index (κ3) is 8.76. The Morgan fingerprint density at radius 2 is 1.57 bits per heavy atom. The summed E-state index contributed by atoms with van der Waals surface area (Å²) in [6, 6.07) is 9.31. The van der Waals surface area contributed by atoms with Crippen molar-refractivity contribution in [3.05, 3.63) is 59.4 Å². The number of β-amino-alcohol motifs (C(OH)–C–C–N with tert-alkyl or cyclic N) is 1. The van der Waals surface area contributed by atoms with Gasteiger partial charge in [0, 0.05) is 38.8 Å². The van der Waals surface area contributed by atoms with Crippen LogP contribution in [0.1, 0.15) is 56.8 Å². The monoisotopic (exact) mass is 514 g/mol. The maximum atomic E-state index is 13.1. The molecular weight excluding hydrogens is 475 g/mol. The van der Waals surface area contributed by atoms with Crippen molar-refractivity contribution in [3.63, 3.8) is 0 Å². The first kappa shape index (κ1) is 28.5. The Hall–Kier alpha value is -3.10.